The Hall–Kier alpha value is -3.69. The number of hydrogen-bond donors (Lipinski definition) is 2. The van der Waals surface area contributed by atoms with Gasteiger partial charge in [-0.2, -0.15) is 4.98 Å². The smallest absolute Gasteiger partial charge is 0.242 e. The van der Waals surface area contributed by atoms with Crippen LogP contribution in [0.15, 0.2) is 60.0 Å². The normalized spacial score (nSPS) is 18.3. The summed E-state index contributed by atoms with van der Waals surface area (Å²) in [5.41, 5.74) is 3.59. The molecule has 2 N–H and O–H groups in total. The van der Waals surface area contributed by atoms with Gasteiger partial charge in [0.25, 0.3) is 0 Å². The first kappa shape index (κ1) is 24.0. The number of likely N-dealkylation sites (N-methyl/N-ethyl adjacent to an activating group) is 1. The van der Waals surface area contributed by atoms with Crippen molar-refractivity contribution in [3.05, 3.63) is 60.0 Å². The minimum atomic E-state index is -0.135. The third kappa shape index (κ3) is 5.27. The number of nitrogens with one attached hydrogen (secondary N) is 2. The molecule has 2 atom stereocenters. The molecule has 8 nitrogen and oxygen atoms in total. The molecule has 5 rings (SSSR count). The first-order valence-electron chi connectivity index (χ1n) is 12.0. The number of rotatable bonds is 6. The lowest BCUT2D eigenvalue weighted by Crippen LogP contribution is -2.55. The lowest BCUT2D eigenvalue weighted by Gasteiger charge is -2.43. The molecule has 1 aliphatic heterocycles. The van der Waals surface area contributed by atoms with Gasteiger partial charge in [0.1, 0.15) is 10.4 Å². The van der Waals surface area contributed by atoms with Crippen molar-refractivity contribution in [2.24, 2.45) is 0 Å². The van der Waals surface area contributed by atoms with E-state index in [1.54, 1.807) is 6.07 Å². The molecule has 2 aromatic carbocycles. The number of fused-ring (bicyclic) bond motifs is 1. The van der Waals surface area contributed by atoms with E-state index >= 15 is 0 Å². The highest BCUT2D eigenvalue weighted by Crippen LogP contribution is 2.34. The van der Waals surface area contributed by atoms with Crippen molar-refractivity contribution >= 4 is 50.5 Å². The molecule has 0 radical (unpaired) electrons. The van der Waals surface area contributed by atoms with Crippen LogP contribution in [-0.2, 0) is 4.79 Å². The average Bonchev–Trinajstić information content (AvgIpc) is 3.32. The number of benzene rings is 2. The fourth-order valence-corrected chi connectivity index (χ4v) is 5.17. The molecule has 2 unspecified atom stereocenters. The molecule has 186 valence electrons. The molecule has 0 spiro atoms. The minimum Gasteiger partial charge on any atom is -0.437 e. The van der Waals surface area contributed by atoms with Gasteiger partial charge in [-0.1, -0.05) is 6.07 Å². The van der Waals surface area contributed by atoms with Gasteiger partial charge in [-0.3, -0.25) is 9.69 Å². The lowest BCUT2D eigenvalue weighted by atomic mass is 10.1. The van der Waals surface area contributed by atoms with Crippen LogP contribution in [0.25, 0.3) is 10.2 Å². The zero-order chi connectivity index (χ0) is 25.2. The lowest BCUT2D eigenvalue weighted by molar-refractivity contribution is -0.114. The Balaban J connectivity index is 1.35. The highest BCUT2D eigenvalue weighted by Gasteiger charge is 2.26. The number of carbonyl (C=O) groups is 1. The molecule has 1 amide bonds. The van der Waals surface area contributed by atoms with Crippen molar-refractivity contribution in [3.8, 4) is 11.6 Å². The Labute approximate surface area is 214 Å². The molecule has 0 saturated carbocycles. The molecule has 0 aliphatic carbocycles. The zero-order valence-corrected chi connectivity index (χ0v) is 21.7. The first-order valence-corrected chi connectivity index (χ1v) is 12.9. The van der Waals surface area contributed by atoms with Gasteiger partial charge in [0.05, 0.1) is 5.52 Å². The van der Waals surface area contributed by atoms with Crippen LogP contribution in [0.2, 0.25) is 0 Å². The van der Waals surface area contributed by atoms with Gasteiger partial charge in [-0.05, 0) is 68.7 Å². The van der Waals surface area contributed by atoms with Crippen molar-refractivity contribution in [3.63, 3.8) is 0 Å². The molecule has 36 heavy (non-hydrogen) atoms. The maximum Gasteiger partial charge on any atom is 0.242 e. The summed E-state index contributed by atoms with van der Waals surface area (Å²) in [7, 11) is 2.20. The molecule has 0 bridgehead atoms. The average molecular weight is 503 g/mol. The van der Waals surface area contributed by atoms with Gasteiger partial charge in [-0.15, -0.1) is 11.3 Å². The predicted octanol–water partition coefficient (Wildman–Crippen LogP) is 5.71. The van der Waals surface area contributed by atoms with Crippen LogP contribution in [0.1, 0.15) is 20.8 Å². The minimum absolute atomic E-state index is 0.135. The number of hydrogen-bond acceptors (Lipinski definition) is 8. The number of piperazine rings is 1. The van der Waals surface area contributed by atoms with E-state index in [0.29, 0.717) is 35.3 Å². The molecular weight excluding hydrogens is 472 g/mol. The second-order valence-electron chi connectivity index (χ2n) is 9.24. The van der Waals surface area contributed by atoms with E-state index < -0.39 is 0 Å². The second-order valence-corrected chi connectivity index (χ2v) is 10.2. The van der Waals surface area contributed by atoms with Crippen molar-refractivity contribution in [2.45, 2.75) is 32.9 Å². The molecule has 1 aliphatic rings. The van der Waals surface area contributed by atoms with E-state index in [1.807, 2.05) is 29.6 Å². The van der Waals surface area contributed by atoms with Gasteiger partial charge in [-0.25, -0.2) is 4.98 Å². The zero-order valence-electron chi connectivity index (χ0n) is 20.9. The van der Waals surface area contributed by atoms with E-state index in [9.17, 15) is 4.79 Å². The summed E-state index contributed by atoms with van der Waals surface area (Å²) >= 11 is 1.52. The number of aromatic nitrogens is 2. The van der Waals surface area contributed by atoms with Gasteiger partial charge in [0.15, 0.2) is 0 Å². The fourth-order valence-electron chi connectivity index (χ4n) is 4.41. The number of carbonyl (C=O) groups excluding carboxylic acids is 1. The number of nitrogens with zero attached hydrogens (tertiary/aromatic N) is 4. The largest absolute Gasteiger partial charge is 0.437 e. The van der Waals surface area contributed by atoms with Crippen molar-refractivity contribution in [1.82, 2.24) is 14.9 Å². The van der Waals surface area contributed by atoms with E-state index in [4.69, 9.17) is 4.74 Å². The second kappa shape index (κ2) is 10.1. The van der Waals surface area contributed by atoms with Crippen LogP contribution in [0.5, 0.6) is 11.6 Å². The Morgan fingerprint density at radius 3 is 2.50 bits per heavy atom. The van der Waals surface area contributed by atoms with Crippen LogP contribution in [0.4, 0.5) is 23.0 Å². The van der Waals surface area contributed by atoms with Gasteiger partial charge in [0.2, 0.25) is 17.7 Å². The maximum atomic E-state index is 11.4. The topological polar surface area (TPSA) is 82.6 Å². The molecule has 1 saturated heterocycles. The first-order chi connectivity index (χ1) is 17.4. The molecule has 3 heterocycles. The maximum absolute atomic E-state index is 11.4. The van der Waals surface area contributed by atoms with Crippen LogP contribution >= 0.6 is 11.3 Å². The highest BCUT2D eigenvalue weighted by molar-refractivity contribution is 7.17. The Morgan fingerprint density at radius 2 is 1.78 bits per heavy atom. The molecule has 1 fully saturated rings. The van der Waals surface area contributed by atoms with Crippen molar-refractivity contribution in [2.75, 3.05) is 35.7 Å². The van der Waals surface area contributed by atoms with Crippen LogP contribution in [-0.4, -0.2) is 53.0 Å². The van der Waals surface area contributed by atoms with Gasteiger partial charge >= 0.3 is 0 Å². The Kier molecular flexibility index (Phi) is 6.75. The van der Waals surface area contributed by atoms with Gasteiger partial charge in [0, 0.05) is 55.2 Å². The standard InChI is InChI=1S/C27H30N6O2S/c1-17-15-33(16-18(2)32(17)4)22-10-8-20(9-11-22)29-27-30-24-12-13-36-25(24)26(31-27)35-23-7-5-6-21(14-23)28-19(3)34/h5-14,17-18H,15-16H2,1-4H3,(H,28,34)(H,29,30,31). The SMILES string of the molecule is CC(=O)Nc1cccc(Oc2nc(Nc3ccc(N4CC(C)N(C)C(C)C4)cc3)nc3ccsc23)c1. The van der Waals surface area contributed by atoms with Crippen LogP contribution in [0, 0.1) is 0 Å². The van der Waals surface area contributed by atoms with Crippen LogP contribution < -0.4 is 20.3 Å². The summed E-state index contributed by atoms with van der Waals surface area (Å²) in [6, 6.07) is 18.6. The summed E-state index contributed by atoms with van der Waals surface area (Å²) < 4.78 is 7.00. The Bertz CT molecular complexity index is 1360. The molecular formula is C27H30N6O2S. The monoisotopic (exact) mass is 502 g/mol. The molecule has 4 aromatic rings. The van der Waals surface area contributed by atoms with E-state index in [-0.39, 0.29) is 5.91 Å². The number of amides is 1. The number of thiophene rings is 1. The van der Waals surface area contributed by atoms with Crippen molar-refractivity contribution < 1.29 is 9.53 Å². The van der Waals surface area contributed by atoms with E-state index in [0.717, 1.165) is 29.0 Å². The molecule has 2 aromatic heterocycles. The van der Waals surface area contributed by atoms with E-state index in [1.165, 1.54) is 23.9 Å². The summed E-state index contributed by atoms with van der Waals surface area (Å²) in [6.07, 6.45) is 0. The summed E-state index contributed by atoms with van der Waals surface area (Å²) in [6.45, 7) is 8.03. The number of anilines is 4. The third-order valence-corrected chi connectivity index (χ3v) is 7.38. The highest BCUT2D eigenvalue weighted by atomic mass is 32.1. The van der Waals surface area contributed by atoms with E-state index in [2.05, 4.69) is 75.6 Å². The number of ether oxygens (including phenoxy) is 1. The quantitative estimate of drug-likeness (QED) is 0.349. The van der Waals surface area contributed by atoms with Crippen LogP contribution in [0.3, 0.4) is 0 Å². The predicted molar refractivity (Wildman–Crippen MR) is 147 cm³/mol. The fraction of sp³-hybridized carbons (Fsp3) is 0.296. The Morgan fingerprint density at radius 1 is 1.03 bits per heavy atom. The molecule has 9 heteroatoms. The van der Waals surface area contributed by atoms with Gasteiger partial charge < -0.3 is 20.3 Å². The van der Waals surface area contributed by atoms with Crippen molar-refractivity contribution in [1.29, 1.82) is 0 Å². The summed E-state index contributed by atoms with van der Waals surface area (Å²) in [5.74, 6) is 1.38. The third-order valence-electron chi connectivity index (χ3n) is 6.49. The summed E-state index contributed by atoms with van der Waals surface area (Å²) in [4.78, 5) is 25.6. The summed E-state index contributed by atoms with van der Waals surface area (Å²) in [5, 5.41) is 8.07.